The van der Waals surface area contributed by atoms with Crippen molar-refractivity contribution in [2.75, 3.05) is 16.4 Å². The van der Waals surface area contributed by atoms with E-state index < -0.39 is 17.0 Å². The molecule has 2 N–H and O–H groups in total. The lowest BCUT2D eigenvalue weighted by molar-refractivity contribution is -0.115. The summed E-state index contributed by atoms with van der Waals surface area (Å²) in [6.07, 6.45) is 0. The highest BCUT2D eigenvalue weighted by molar-refractivity contribution is 8.00. The minimum absolute atomic E-state index is 0.0441. The quantitative estimate of drug-likeness (QED) is 0.866. The molecule has 21 heavy (non-hydrogen) atoms. The van der Waals surface area contributed by atoms with E-state index in [4.69, 9.17) is 5.73 Å². The van der Waals surface area contributed by atoms with Gasteiger partial charge in [0, 0.05) is 11.8 Å². The van der Waals surface area contributed by atoms with Crippen LogP contribution in [-0.2, 0) is 4.79 Å². The SMILES string of the molecule is Nc1cccc([C@@H]2SCC(=O)N2c2cc(F)ccc2F)c1. The number of nitrogens with zero attached hydrogens (tertiary/aromatic N) is 1. The van der Waals surface area contributed by atoms with Crippen LogP contribution in [-0.4, -0.2) is 11.7 Å². The second kappa shape index (κ2) is 5.37. The average molecular weight is 306 g/mol. The molecule has 0 radical (unpaired) electrons. The zero-order valence-corrected chi connectivity index (χ0v) is 11.7. The third kappa shape index (κ3) is 2.58. The highest BCUT2D eigenvalue weighted by Crippen LogP contribution is 2.42. The van der Waals surface area contributed by atoms with Gasteiger partial charge in [-0.2, -0.15) is 0 Å². The van der Waals surface area contributed by atoms with Gasteiger partial charge in [-0.15, -0.1) is 11.8 Å². The van der Waals surface area contributed by atoms with E-state index in [2.05, 4.69) is 0 Å². The van der Waals surface area contributed by atoms with Gasteiger partial charge in [0.05, 0.1) is 11.4 Å². The molecule has 6 heteroatoms. The van der Waals surface area contributed by atoms with Gasteiger partial charge in [-0.1, -0.05) is 12.1 Å². The van der Waals surface area contributed by atoms with Gasteiger partial charge in [-0.05, 0) is 29.8 Å². The molecule has 0 aromatic heterocycles. The van der Waals surface area contributed by atoms with Gasteiger partial charge in [0.25, 0.3) is 0 Å². The van der Waals surface area contributed by atoms with Gasteiger partial charge in [0.2, 0.25) is 5.91 Å². The third-order valence-corrected chi connectivity index (χ3v) is 4.44. The first kappa shape index (κ1) is 13.9. The molecule has 0 saturated carbocycles. The van der Waals surface area contributed by atoms with Crippen LogP contribution in [0.1, 0.15) is 10.9 Å². The summed E-state index contributed by atoms with van der Waals surface area (Å²) >= 11 is 1.36. The Kier molecular flexibility index (Phi) is 3.55. The molecule has 1 fully saturated rings. The Labute approximate surface area is 124 Å². The van der Waals surface area contributed by atoms with Crippen molar-refractivity contribution in [3.63, 3.8) is 0 Å². The van der Waals surface area contributed by atoms with E-state index in [1.54, 1.807) is 18.2 Å². The summed E-state index contributed by atoms with van der Waals surface area (Å²) in [6, 6.07) is 10.2. The second-order valence-corrected chi connectivity index (χ2v) is 5.76. The van der Waals surface area contributed by atoms with Gasteiger partial charge in [0.1, 0.15) is 17.0 Å². The molecule has 0 spiro atoms. The van der Waals surface area contributed by atoms with Crippen LogP contribution in [0.2, 0.25) is 0 Å². The third-order valence-electron chi connectivity index (χ3n) is 3.23. The maximum atomic E-state index is 14.0. The Morgan fingerprint density at radius 1 is 1.19 bits per heavy atom. The predicted octanol–water partition coefficient (Wildman–Crippen LogP) is 3.33. The number of hydrogen-bond acceptors (Lipinski definition) is 3. The Hall–Kier alpha value is -2.08. The van der Waals surface area contributed by atoms with Gasteiger partial charge < -0.3 is 5.73 Å². The number of nitrogen functional groups attached to an aromatic ring is 1. The van der Waals surface area contributed by atoms with Crippen molar-refractivity contribution in [1.29, 1.82) is 0 Å². The van der Waals surface area contributed by atoms with E-state index in [9.17, 15) is 13.6 Å². The molecule has 0 unspecified atom stereocenters. The number of rotatable bonds is 2. The van der Waals surface area contributed by atoms with Gasteiger partial charge >= 0.3 is 0 Å². The summed E-state index contributed by atoms with van der Waals surface area (Å²) in [5, 5.41) is -0.405. The van der Waals surface area contributed by atoms with Crippen molar-refractivity contribution < 1.29 is 13.6 Å². The van der Waals surface area contributed by atoms with E-state index in [1.807, 2.05) is 6.07 Å². The molecule has 3 nitrogen and oxygen atoms in total. The fraction of sp³-hybridized carbons (Fsp3) is 0.133. The standard InChI is InChI=1S/C15H12F2N2OS/c16-10-4-5-12(17)13(7-10)19-14(20)8-21-15(19)9-2-1-3-11(18)6-9/h1-7,15H,8,18H2/t15-/m0/s1. The van der Waals surface area contributed by atoms with Crippen molar-refractivity contribution in [3.05, 3.63) is 59.7 Å². The summed E-state index contributed by atoms with van der Waals surface area (Å²) in [6.45, 7) is 0. The van der Waals surface area contributed by atoms with Crippen molar-refractivity contribution >= 4 is 29.0 Å². The normalized spacial score (nSPS) is 18.3. The van der Waals surface area contributed by atoms with Crippen LogP contribution in [0, 0.1) is 11.6 Å². The molecule has 1 aliphatic rings. The summed E-state index contributed by atoms with van der Waals surface area (Å²) < 4.78 is 27.4. The first-order valence-corrected chi connectivity index (χ1v) is 7.35. The number of anilines is 2. The van der Waals surface area contributed by atoms with Crippen LogP contribution >= 0.6 is 11.8 Å². The minimum Gasteiger partial charge on any atom is -0.399 e. The van der Waals surface area contributed by atoms with E-state index in [-0.39, 0.29) is 17.3 Å². The minimum atomic E-state index is -0.624. The molecule has 0 aliphatic carbocycles. The predicted molar refractivity (Wildman–Crippen MR) is 79.9 cm³/mol. The zero-order valence-electron chi connectivity index (χ0n) is 10.9. The van der Waals surface area contributed by atoms with Crippen LogP contribution in [0.25, 0.3) is 0 Å². The fourth-order valence-corrected chi connectivity index (χ4v) is 3.47. The first-order valence-electron chi connectivity index (χ1n) is 6.30. The number of amides is 1. The van der Waals surface area contributed by atoms with E-state index in [0.717, 1.165) is 23.8 Å². The lowest BCUT2D eigenvalue weighted by atomic mass is 10.1. The molecule has 1 heterocycles. The number of nitrogens with two attached hydrogens (primary N) is 1. The van der Waals surface area contributed by atoms with Crippen LogP contribution in [0.5, 0.6) is 0 Å². The average Bonchev–Trinajstić information content (AvgIpc) is 2.83. The first-order chi connectivity index (χ1) is 10.1. The van der Waals surface area contributed by atoms with Crippen molar-refractivity contribution in [1.82, 2.24) is 0 Å². The number of thioether (sulfide) groups is 1. The van der Waals surface area contributed by atoms with Crippen LogP contribution in [0.4, 0.5) is 20.2 Å². The van der Waals surface area contributed by atoms with Gasteiger partial charge in [-0.25, -0.2) is 8.78 Å². The molecule has 1 saturated heterocycles. The molecule has 1 atom stereocenters. The molecular weight excluding hydrogens is 294 g/mol. The Morgan fingerprint density at radius 3 is 2.76 bits per heavy atom. The summed E-state index contributed by atoms with van der Waals surface area (Å²) in [4.78, 5) is 13.4. The number of carbonyl (C=O) groups excluding carboxylic acids is 1. The van der Waals surface area contributed by atoms with E-state index in [1.165, 1.54) is 16.7 Å². The molecular formula is C15H12F2N2OS. The Balaban J connectivity index is 2.06. The topological polar surface area (TPSA) is 46.3 Å². The number of benzene rings is 2. The fourth-order valence-electron chi connectivity index (χ4n) is 2.31. The zero-order chi connectivity index (χ0) is 15.0. The van der Waals surface area contributed by atoms with E-state index in [0.29, 0.717) is 5.69 Å². The Morgan fingerprint density at radius 2 is 2.00 bits per heavy atom. The van der Waals surface area contributed by atoms with Crippen molar-refractivity contribution in [2.45, 2.75) is 5.37 Å². The lowest BCUT2D eigenvalue weighted by Gasteiger charge is -2.25. The molecule has 3 rings (SSSR count). The van der Waals surface area contributed by atoms with Crippen molar-refractivity contribution in [3.8, 4) is 0 Å². The highest BCUT2D eigenvalue weighted by Gasteiger charge is 2.35. The Bertz CT molecular complexity index is 708. The smallest absolute Gasteiger partial charge is 0.238 e. The largest absolute Gasteiger partial charge is 0.399 e. The van der Waals surface area contributed by atoms with Crippen molar-refractivity contribution in [2.24, 2.45) is 0 Å². The number of halogens is 2. The van der Waals surface area contributed by atoms with Gasteiger partial charge in [0.15, 0.2) is 0 Å². The molecule has 2 aromatic carbocycles. The molecule has 1 aliphatic heterocycles. The number of hydrogen-bond donors (Lipinski definition) is 1. The van der Waals surface area contributed by atoms with Crippen LogP contribution in [0.3, 0.4) is 0 Å². The second-order valence-electron chi connectivity index (χ2n) is 4.69. The highest BCUT2D eigenvalue weighted by atomic mass is 32.2. The van der Waals surface area contributed by atoms with Gasteiger partial charge in [-0.3, -0.25) is 9.69 Å². The lowest BCUT2D eigenvalue weighted by Crippen LogP contribution is -2.28. The molecule has 108 valence electrons. The molecule has 1 amide bonds. The summed E-state index contributed by atoms with van der Waals surface area (Å²) in [5.41, 5.74) is 7.06. The maximum absolute atomic E-state index is 14.0. The molecule has 2 aromatic rings. The van der Waals surface area contributed by atoms with Crippen LogP contribution < -0.4 is 10.6 Å². The van der Waals surface area contributed by atoms with E-state index >= 15 is 0 Å². The summed E-state index contributed by atoms with van der Waals surface area (Å²) in [7, 11) is 0. The monoisotopic (exact) mass is 306 g/mol. The maximum Gasteiger partial charge on any atom is 0.238 e. The molecule has 0 bridgehead atoms. The summed E-state index contributed by atoms with van der Waals surface area (Å²) in [5.74, 6) is -1.24. The number of carbonyl (C=O) groups is 1. The van der Waals surface area contributed by atoms with Crippen LogP contribution in [0.15, 0.2) is 42.5 Å².